The zero-order valence-electron chi connectivity index (χ0n) is 11.8. The number of hydrogen-bond acceptors (Lipinski definition) is 3. The molecule has 0 spiro atoms. The van der Waals surface area contributed by atoms with Crippen molar-refractivity contribution in [2.75, 3.05) is 6.61 Å². The third-order valence-corrected chi connectivity index (χ3v) is 3.24. The normalized spacial score (nSPS) is 11.7. The maximum atomic E-state index is 13.7. The summed E-state index contributed by atoms with van der Waals surface area (Å²) in [6, 6.07) is 16.1. The number of hydrogen-bond donors (Lipinski definition) is 1. The molecule has 0 amide bonds. The van der Waals surface area contributed by atoms with Gasteiger partial charge in [-0.25, -0.2) is 4.39 Å². The highest BCUT2D eigenvalue weighted by atomic mass is 19.1. The third-order valence-electron chi connectivity index (χ3n) is 3.24. The topological polar surface area (TPSA) is 45.0 Å². The largest absolute Gasteiger partial charge is 0.478 e. The van der Waals surface area contributed by atoms with Crippen LogP contribution in [0.1, 0.15) is 24.1 Å². The van der Waals surface area contributed by atoms with Crippen LogP contribution in [-0.2, 0) is 6.54 Å². The van der Waals surface area contributed by atoms with E-state index < -0.39 is 0 Å². The Balaban J connectivity index is 2.03. The van der Waals surface area contributed by atoms with Crippen molar-refractivity contribution in [1.82, 2.24) is 5.32 Å². The second-order valence-corrected chi connectivity index (χ2v) is 4.68. The predicted octanol–water partition coefficient (Wildman–Crippen LogP) is 3.58. The average Bonchev–Trinajstić information content (AvgIpc) is 2.52. The fraction of sp³-hybridized carbons (Fsp3) is 0.235. The molecule has 0 heterocycles. The van der Waals surface area contributed by atoms with Crippen LogP contribution in [0.25, 0.3) is 0 Å². The monoisotopic (exact) mass is 284 g/mol. The van der Waals surface area contributed by atoms with Gasteiger partial charge in [0.2, 0.25) is 0 Å². The second-order valence-electron chi connectivity index (χ2n) is 4.68. The Morgan fingerprint density at radius 1 is 1.19 bits per heavy atom. The standard InChI is InChI=1S/C17H17FN2O/c1-13(15-7-3-4-8-16(15)18)20-12-14-6-2-5-9-17(14)21-11-10-19/h2-9,13,20H,11-12H2,1H3. The van der Waals surface area contributed by atoms with E-state index in [2.05, 4.69) is 5.32 Å². The van der Waals surface area contributed by atoms with Crippen LogP contribution in [-0.4, -0.2) is 6.61 Å². The number of para-hydroxylation sites is 1. The molecule has 2 aromatic rings. The second kappa shape index (κ2) is 7.41. The van der Waals surface area contributed by atoms with Gasteiger partial charge in [0.25, 0.3) is 0 Å². The van der Waals surface area contributed by atoms with E-state index in [1.807, 2.05) is 43.3 Å². The van der Waals surface area contributed by atoms with Crippen molar-refractivity contribution in [1.29, 1.82) is 5.26 Å². The molecule has 21 heavy (non-hydrogen) atoms. The van der Waals surface area contributed by atoms with Crippen LogP contribution in [0, 0.1) is 17.1 Å². The molecule has 0 saturated carbocycles. The molecule has 0 aliphatic rings. The number of nitrogens with zero attached hydrogens (tertiary/aromatic N) is 1. The molecule has 0 radical (unpaired) electrons. The lowest BCUT2D eigenvalue weighted by Gasteiger charge is -2.16. The van der Waals surface area contributed by atoms with Gasteiger partial charge in [-0.3, -0.25) is 0 Å². The first kappa shape index (κ1) is 15.0. The van der Waals surface area contributed by atoms with E-state index in [9.17, 15) is 4.39 Å². The fourth-order valence-corrected chi connectivity index (χ4v) is 2.10. The van der Waals surface area contributed by atoms with Gasteiger partial charge in [-0.15, -0.1) is 0 Å². The van der Waals surface area contributed by atoms with Crippen LogP contribution in [0.5, 0.6) is 5.75 Å². The summed E-state index contributed by atoms with van der Waals surface area (Å²) in [5.74, 6) is 0.457. The minimum atomic E-state index is -0.216. The highest BCUT2D eigenvalue weighted by Gasteiger charge is 2.10. The van der Waals surface area contributed by atoms with Crippen molar-refractivity contribution >= 4 is 0 Å². The van der Waals surface area contributed by atoms with Crippen molar-refractivity contribution < 1.29 is 9.13 Å². The Morgan fingerprint density at radius 3 is 2.67 bits per heavy atom. The maximum absolute atomic E-state index is 13.7. The number of nitrogens with one attached hydrogen (secondary N) is 1. The Kier molecular flexibility index (Phi) is 5.30. The van der Waals surface area contributed by atoms with Crippen molar-refractivity contribution in [3.05, 3.63) is 65.5 Å². The molecule has 2 aromatic carbocycles. The van der Waals surface area contributed by atoms with Gasteiger partial charge in [-0.1, -0.05) is 36.4 Å². The van der Waals surface area contributed by atoms with E-state index in [1.165, 1.54) is 6.07 Å². The highest BCUT2D eigenvalue weighted by Crippen LogP contribution is 2.20. The summed E-state index contributed by atoms with van der Waals surface area (Å²) in [7, 11) is 0. The third kappa shape index (κ3) is 4.04. The molecule has 1 N–H and O–H groups in total. The van der Waals surface area contributed by atoms with Crippen molar-refractivity contribution in [3.8, 4) is 11.8 Å². The van der Waals surface area contributed by atoms with Crippen LogP contribution < -0.4 is 10.1 Å². The van der Waals surface area contributed by atoms with Crippen molar-refractivity contribution in [2.24, 2.45) is 0 Å². The number of halogens is 1. The first-order chi connectivity index (χ1) is 10.2. The van der Waals surface area contributed by atoms with Crippen molar-refractivity contribution in [2.45, 2.75) is 19.5 Å². The van der Waals surface area contributed by atoms with E-state index in [4.69, 9.17) is 10.00 Å². The van der Waals surface area contributed by atoms with Crippen LogP contribution in [0.2, 0.25) is 0 Å². The first-order valence-electron chi connectivity index (χ1n) is 6.78. The average molecular weight is 284 g/mol. The van der Waals surface area contributed by atoms with E-state index in [1.54, 1.807) is 12.1 Å². The molecule has 4 heteroatoms. The summed E-state index contributed by atoms with van der Waals surface area (Å²) in [5, 5.41) is 11.9. The summed E-state index contributed by atoms with van der Waals surface area (Å²) in [6.07, 6.45) is 0. The van der Waals surface area contributed by atoms with Gasteiger partial charge in [0.1, 0.15) is 17.6 Å². The van der Waals surface area contributed by atoms with E-state index in [0.717, 1.165) is 5.56 Å². The van der Waals surface area contributed by atoms with Gasteiger partial charge in [0.15, 0.2) is 6.61 Å². The Bertz CT molecular complexity index is 637. The Labute approximate surface area is 124 Å². The molecule has 0 bridgehead atoms. The quantitative estimate of drug-likeness (QED) is 0.882. The molecule has 0 fully saturated rings. The SMILES string of the molecule is CC(NCc1ccccc1OCC#N)c1ccccc1F. The molecule has 0 aromatic heterocycles. The van der Waals surface area contributed by atoms with Gasteiger partial charge in [-0.2, -0.15) is 5.26 Å². The molecule has 0 saturated heterocycles. The molecular weight excluding hydrogens is 267 g/mol. The van der Waals surface area contributed by atoms with Gasteiger partial charge < -0.3 is 10.1 Å². The molecule has 2 rings (SSSR count). The van der Waals surface area contributed by atoms with E-state index >= 15 is 0 Å². The smallest absolute Gasteiger partial charge is 0.174 e. The lowest BCUT2D eigenvalue weighted by atomic mass is 10.1. The van der Waals surface area contributed by atoms with Gasteiger partial charge in [0.05, 0.1) is 0 Å². The van der Waals surface area contributed by atoms with Crippen LogP contribution in [0.15, 0.2) is 48.5 Å². The Morgan fingerprint density at radius 2 is 1.90 bits per heavy atom. The van der Waals surface area contributed by atoms with Crippen LogP contribution >= 0.6 is 0 Å². The summed E-state index contributed by atoms with van der Waals surface area (Å²) >= 11 is 0. The van der Waals surface area contributed by atoms with E-state index in [0.29, 0.717) is 17.9 Å². The molecule has 0 aliphatic heterocycles. The molecule has 1 unspecified atom stereocenters. The van der Waals surface area contributed by atoms with Gasteiger partial charge >= 0.3 is 0 Å². The lowest BCUT2D eigenvalue weighted by Crippen LogP contribution is -2.19. The molecule has 108 valence electrons. The minimum absolute atomic E-state index is 0.0138. The molecule has 1 atom stereocenters. The highest BCUT2D eigenvalue weighted by molar-refractivity contribution is 5.33. The van der Waals surface area contributed by atoms with Gasteiger partial charge in [-0.05, 0) is 19.1 Å². The maximum Gasteiger partial charge on any atom is 0.174 e. The number of ether oxygens (including phenoxy) is 1. The zero-order valence-corrected chi connectivity index (χ0v) is 11.8. The molecular formula is C17H17FN2O. The van der Waals surface area contributed by atoms with Crippen molar-refractivity contribution in [3.63, 3.8) is 0 Å². The van der Waals surface area contributed by atoms with Gasteiger partial charge in [0, 0.05) is 23.7 Å². The molecule has 3 nitrogen and oxygen atoms in total. The number of nitriles is 1. The summed E-state index contributed by atoms with van der Waals surface area (Å²) in [6.45, 7) is 2.47. The number of rotatable bonds is 6. The van der Waals surface area contributed by atoms with Crippen LogP contribution in [0.3, 0.4) is 0 Å². The summed E-state index contributed by atoms with van der Waals surface area (Å²) in [4.78, 5) is 0. The zero-order chi connectivity index (χ0) is 15.1. The van der Waals surface area contributed by atoms with E-state index in [-0.39, 0.29) is 18.5 Å². The van der Waals surface area contributed by atoms with Crippen LogP contribution in [0.4, 0.5) is 4.39 Å². The first-order valence-corrected chi connectivity index (χ1v) is 6.78. The molecule has 0 aliphatic carbocycles. The lowest BCUT2D eigenvalue weighted by molar-refractivity contribution is 0.361. The summed E-state index contributed by atoms with van der Waals surface area (Å²) < 4.78 is 19.1. The minimum Gasteiger partial charge on any atom is -0.478 e. The fourth-order valence-electron chi connectivity index (χ4n) is 2.10. The number of benzene rings is 2. The predicted molar refractivity (Wildman–Crippen MR) is 79.2 cm³/mol. The Hall–Kier alpha value is -2.38. The summed E-state index contributed by atoms with van der Waals surface area (Å²) in [5.41, 5.74) is 1.57.